The molecule has 0 radical (unpaired) electrons. The Hall–Kier alpha value is -0.850. The van der Waals surface area contributed by atoms with Gasteiger partial charge >= 0.3 is 0 Å². The van der Waals surface area contributed by atoms with E-state index in [9.17, 15) is 10.2 Å². The van der Waals surface area contributed by atoms with Crippen LogP contribution in [-0.2, 0) is 22.5 Å². The van der Waals surface area contributed by atoms with Crippen molar-refractivity contribution in [2.75, 3.05) is 0 Å². The monoisotopic (exact) mass is 450 g/mol. The Balaban J connectivity index is 1.53. The number of halogens is 1. The largest absolute Gasteiger partial charge is 0.466 e. The van der Waals surface area contributed by atoms with Crippen molar-refractivity contribution in [3.05, 3.63) is 34.8 Å². The number of alkyl halides is 1. The van der Waals surface area contributed by atoms with Crippen molar-refractivity contribution in [3.8, 4) is 0 Å². The van der Waals surface area contributed by atoms with Crippen LogP contribution in [0.2, 0.25) is 0 Å². The molecule has 6 heteroatoms. The van der Waals surface area contributed by atoms with Gasteiger partial charge in [-0.1, -0.05) is 26.8 Å². The van der Waals surface area contributed by atoms with Crippen molar-refractivity contribution in [3.63, 3.8) is 0 Å². The molecule has 1 aromatic rings. The zero-order valence-corrected chi connectivity index (χ0v) is 20.1. The van der Waals surface area contributed by atoms with Crippen LogP contribution in [0.1, 0.15) is 77.2 Å². The maximum atomic E-state index is 11.4. The lowest BCUT2D eigenvalue weighted by molar-refractivity contribution is -0.134. The molecule has 7 atom stereocenters. The fourth-order valence-corrected chi connectivity index (χ4v) is 6.96. The third kappa shape index (κ3) is 2.83. The molecule has 0 aromatic carbocycles. The topological polar surface area (TPSA) is 75.4 Å². The van der Waals surface area contributed by atoms with Crippen LogP contribution < -0.4 is 0 Å². The molecule has 4 aliphatic rings. The van der Waals surface area contributed by atoms with Gasteiger partial charge in [-0.3, -0.25) is 0 Å². The molecule has 2 fully saturated rings. The van der Waals surface area contributed by atoms with Gasteiger partial charge in [0.15, 0.2) is 0 Å². The van der Waals surface area contributed by atoms with Gasteiger partial charge in [-0.2, -0.15) is 0 Å². The van der Waals surface area contributed by atoms with E-state index in [0.717, 1.165) is 30.6 Å². The van der Waals surface area contributed by atoms with Gasteiger partial charge in [0.1, 0.15) is 29.7 Å². The predicted molar refractivity (Wildman–Crippen MR) is 118 cm³/mol. The summed E-state index contributed by atoms with van der Waals surface area (Å²) in [5.41, 5.74) is 0.928. The summed E-state index contributed by atoms with van der Waals surface area (Å²) in [7, 11) is 0. The van der Waals surface area contributed by atoms with Gasteiger partial charge in [-0.05, 0) is 74.0 Å². The van der Waals surface area contributed by atoms with Crippen LogP contribution in [0, 0.1) is 11.3 Å². The number of furan rings is 1. The third-order valence-corrected chi connectivity index (χ3v) is 8.93. The van der Waals surface area contributed by atoms with Crippen LogP contribution in [0.5, 0.6) is 0 Å². The van der Waals surface area contributed by atoms with E-state index in [1.807, 2.05) is 47.0 Å². The van der Waals surface area contributed by atoms with E-state index in [1.165, 1.54) is 11.1 Å². The number of hydrogen-bond acceptors (Lipinski definition) is 5. The van der Waals surface area contributed by atoms with Crippen LogP contribution in [0.25, 0.3) is 0 Å². The van der Waals surface area contributed by atoms with Crippen molar-refractivity contribution in [2.24, 2.45) is 11.3 Å². The summed E-state index contributed by atoms with van der Waals surface area (Å²) in [4.78, 5) is 0. The molecular formula is C25H35ClO5. The lowest BCUT2D eigenvalue weighted by atomic mass is 9.50. The molecule has 5 rings (SSSR count). The summed E-state index contributed by atoms with van der Waals surface area (Å²) >= 11 is 6.72. The highest BCUT2D eigenvalue weighted by atomic mass is 35.5. The first-order valence-electron chi connectivity index (χ1n) is 11.5. The Morgan fingerprint density at radius 2 is 2.03 bits per heavy atom. The number of rotatable bonds is 3. The second-order valence-electron chi connectivity index (χ2n) is 11.5. The third-order valence-electron chi connectivity index (χ3n) is 8.46. The molecule has 2 heterocycles. The highest BCUT2D eigenvalue weighted by molar-refractivity contribution is 6.23. The molecule has 0 amide bonds. The van der Waals surface area contributed by atoms with E-state index in [0.29, 0.717) is 6.61 Å². The molecule has 3 aliphatic carbocycles. The molecule has 0 bridgehead atoms. The summed E-state index contributed by atoms with van der Waals surface area (Å²) in [6.45, 7) is 12.7. The maximum absolute atomic E-state index is 11.4. The Labute approximate surface area is 189 Å². The normalized spacial score (nSPS) is 43.6. The van der Waals surface area contributed by atoms with Gasteiger partial charge in [0, 0.05) is 0 Å². The van der Waals surface area contributed by atoms with E-state index < -0.39 is 22.7 Å². The van der Waals surface area contributed by atoms with Gasteiger partial charge in [0.05, 0.1) is 23.3 Å². The Morgan fingerprint density at radius 1 is 1.32 bits per heavy atom. The zero-order chi connectivity index (χ0) is 22.6. The molecular weight excluding hydrogens is 416 g/mol. The summed E-state index contributed by atoms with van der Waals surface area (Å²) in [6, 6.07) is 0. The minimum atomic E-state index is -1.41. The number of ether oxygens (including phenoxy) is 2. The van der Waals surface area contributed by atoms with Gasteiger partial charge < -0.3 is 24.1 Å². The number of epoxide rings is 1. The van der Waals surface area contributed by atoms with E-state index in [2.05, 4.69) is 6.92 Å². The fourth-order valence-electron chi connectivity index (χ4n) is 6.47. The zero-order valence-electron chi connectivity index (χ0n) is 19.4. The van der Waals surface area contributed by atoms with Gasteiger partial charge in [0.2, 0.25) is 0 Å². The van der Waals surface area contributed by atoms with Gasteiger partial charge in [-0.15, -0.1) is 11.6 Å². The van der Waals surface area contributed by atoms with Gasteiger partial charge in [0.25, 0.3) is 0 Å². The molecule has 1 saturated heterocycles. The van der Waals surface area contributed by atoms with E-state index in [1.54, 1.807) is 0 Å². The van der Waals surface area contributed by atoms with Crippen molar-refractivity contribution < 1.29 is 24.1 Å². The second kappa shape index (κ2) is 6.60. The SMILES string of the molecule is CC(C)[C@]1(O)[C@H](Cl)C=C2[C@]3(O[C@H]3C[C@H]3c4coc(COC(C)(C)C)c4CC[C@]23C)[C@@H]1O. The maximum Gasteiger partial charge on any atom is 0.145 e. The molecule has 0 unspecified atom stereocenters. The van der Waals surface area contributed by atoms with Crippen molar-refractivity contribution in [1.29, 1.82) is 0 Å². The Morgan fingerprint density at radius 3 is 2.68 bits per heavy atom. The smallest absolute Gasteiger partial charge is 0.145 e. The van der Waals surface area contributed by atoms with Crippen LogP contribution in [0.15, 0.2) is 22.3 Å². The molecule has 1 aromatic heterocycles. The first kappa shape index (κ1) is 22.0. The molecule has 5 nitrogen and oxygen atoms in total. The van der Waals surface area contributed by atoms with Crippen LogP contribution in [0.4, 0.5) is 0 Å². The summed E-state index contributed by atoms with van der Waals surface area (Å²) in [6.07, 6.45) is 5.36. The Kier molecular flexibility index (Phi) is 4.68. The highest BCUT2D eigenvalue weighted by Crippen LogP contribution is 2.70. The molecule has 1 saturated carbocycles. The molecule has 1 spiro atoms. The number of aliphatic hydroxyl groups is 2. The van der Waals surface area contributed by atoms with Crippen LogP contribution in [-0.4, -0.2) is 44.6 Å². The summed E-state index contributed by atoms with van der Waals surface area (Å²) in [5.74, 6) is 0.962. The van der Waals surface area contributed by atoms with E-state index in [-0.39, 0.29) is 29.0 Å². The fraction of sp³-hybridized carbons (Fsp3) is 0.760. The number of hydrogen-bond donors (Lipinski definition) is 2. The summed E-state index contributed by atoms with van der Waals surface area (Å²) in [5, 5.41) is 22.1. The average Bonchev–Trinajstić information content (AvgIpc) is 3.25. The lowest BCUT2D eigenvalue weighted by Gasteiger charge is -2.54. The quantitative estimate of drug-likeness (QED) is 0.403. The average molecular weight is 451 g/mol. The van der Waals surface area contributed by atoms with Crippen molar-refractivity contribution in [1.82, 2.24) is 0 Å². The second-order valence-corrected chi connectivity index (χ2v) is 12.0. The van der Waals surface area contributed by atoms with Crippen molar-refractivity contribution in [2.45, 2.75) is 108 Å². The molecule has 172 valence electrons. The highest BCUT2D eigenvalue weighted by Gasteiger charge is 2.77. The first-order valence-corrected chi connectivity index (χ1v) is 12.0. The molecule has 31 heavy (non-hydrogen) atoms. The predicted octanol–water partition coefficient (Wildman–Crippen LogP) is 4.47. The van der Waals surface area contributed by atoms with Crippen LogP contribution in [0.3, 0.4) is 0 Å². The van der Waals surface area contributed by atoms with Gasteiger partial charge in [-0.25, -0.2) is 0 Å². The molecule has 1 aliphatic heterocycles. The minimum absolute atomic E-state index is 0.114. The number of aliphatic hydroxyl groups excluding tert-OH is 1. The molecule has 2 N–H and O–H groups in total. The van der Waals surface area contributed by atoms with E-state index in [4.69, 9.17) is 25.5 Å². The van der Waals surface area contributed by atoms with E-state index >= 15 is 0 Å². The standard InChI is InChI=1S/C25H35ClO5/c1-13(2)24(28)19(26)10-18-23(6)8-7-14-15(11-29-17(14)12-30-22(3,4)5)16(23)9-20-25(18,31-20)21(24)27/h10-11,13,16,19-21,27-28H,7-9,12H2,1-6H3/t16-,19+,20-,21+,23-,24-,25+/m0/s1. The Bertz CT molecular complexity index is 929. The van der Waals surface area contributed by atoms with Crippen LogP contribution >= 0.6 is 11.6 Å². The minimum Gasteiger partial charge on any atom is -0.466 e. The lowest BCUT2D eigenvalue weighted by Crippen LogP contribution is -2.65. The van der Waals surface area contributed by atoms with Crippen molar-refractivity contribution >= 4 is 11.6 Å². The first-order chi connectivity index (χ1) is 14.4. The summed E-state index contributed by atoms with van der Waals surface area (Å²) < 4.78 is 18.2. The number of fused-ring (bicyclic) bond motifs is 4.